The third-order valence-electron chi connectivity index (χ3n) is 7.64. The monoisotopic (exact) mass is 588 g/mol. The lowest BCUT2D eigenvalue weighted by molar-refractivity contribution is -0.320. The molecule has 1 saturated carbocycles. The highest BCUT2D eigenvalue weighted by molar-refractivity contribution is 7.92. The molecule has 41 heavy (non-hydrogen) atoms. The van der Waals surface area contributed by atoms with Gasteiger partial charge in [-0.3, -0.25) is 4.79 Å². The number of nitrogens with zero attached hydrogens (tertiary/aromatic N) is 4. The van der Waals surface area contributed by atoms with Crippen LogP contribution in [0.1, 0.15) is 76.0 Å². The molecule has 4 rings (SSSR count). The molecule has 2 heterocycles. The quantitative estimate of drug-likeness (QED) is 0.421. The van der Waals surface area contributed by atoms with Gasteiger partial charge < -0.3 is 14.4 Å². The molecular formula is C30H41FN4O5S. The summed E-state index contributed by atoms with van der Waals surface area (Å²) in [6.45, 7) is 3.95. The Labute approximate surface area is 242 Å². The summed E-state index contributed by atoms with van der Waals surface area (Å²) in [5, 5.41) is 0. The number of aromatic nitrogens is 2. The molecule has 1 spiro atoms. The Bertz CT molecular complexity index is 1370. The molecule has 2 aliphatic rings. The fourth-order valence-corrected chi connectivity index (χ4v) is 5.69. The summed E-state index contributed by atoms with van der Waals surface area (Å²) in [7, 11) is 1.27. The van der Waals surface area contributed by atoms with Gasteiger partial charge in [0.1, 0.15) is 5.82 Å². The molecular weight excluding hydrogens is 547 g/mol. The van der Waals surface area contributed by atoms with E-state index in [1.807, 2.05) is 26.0 Å². The van der Waals surface area contributed by atoms with Crippen LogP contribution in [0.25, 0.3) is 17.3 Å². The van der Waals surface area contributed by atoms with Crippen LogP contribution in [0.2, 0.25) is 0 Å². The summed E-state index contributed by atoms with van der Waals surface area (Å²) in [5.74, 6) is -1.13. The van der Waals surface area contributed by atoms with Crippen molar-refractivity contribution in [2.24, 2.45) is 0 Å². The molecule has 0 radical (unpaired) electrons. The Morgan fingerprint density at radius 2 is 1.76 bits per heavy atom. The minimum Gasteiger partial charge on any atom is -0.349 e. The maximum atomic E-state index is 13.8. The molecule has 2 aromatic rings. The van der Waals surface area contributed by atoms with Gasteiger partial charge in [-0.15, -0.1) is 0 Å². The van der Waals surface area contributed by atoms with Gasteiger partial charge in [0, 0.05) is 51.5 Å². The Balaban J connectivity index is 1.77. The lowest BCUT2D eigenvalue weighted by Gasteiger charge is -2.46. The van der Waals surface area contributed by atoms with E-state index < -0.39 is 15.8 Å². The average Bonchev–Trinajstić information content (AvgIpc) is 2.91. The van der Waals surface area contributed by atoms with Gasteiger partial charge in [0.2, 0.25) is 21.9 Å². The third kappa shape index (κ3) is 7.50. The van der Waals surface area contributed by atoms with Crippen molar-refractivity contribution in [1.29, 1.82) is 0 Å². The molecule has 0 N–H and O–H groups in total. The van der Waals surface area contributed by atoms with E-state index in [1.165, 1.54) is 19.2 Å². The molecule has 1 saturated heterocycles. The van der Waals surface area contributed by atoms with E-state index >= 15 is 0 Å². The highest BCUT2D eigenvalue weighted by Crippen LogP contribution is 2.41. The van der Waals surface area contributed by atoms with Crippen molar-refractivity contribution in [2.45, 2.75) is 82.7 Å². The van der Waals surface area contributed by atoms with Crippen LogP contribution in [0.4, 0.5) is 10.3 Å². The number of hydrogen-bond acceptors (Lipinski definition) is 7. The van der Waals surface area contributed by atoms with E-state index in [2.05, 4.69) is 9.97 Å². The fourth-order valence-electron chi connectivity index (χ4n) is 5.31. The number of rotatable bonds is 8. The largest absolute Gasteiger partial charge is 0.349 e. The molecule has 11 heteroatoms. The standard InChI is InChI=1S/C30H41FN4O5S/c1-20(2)27-25(28(21-10-12-22(31)13-11-21)33-29(32-27)35(5)41(6,37)38)15-14-23-18-24(19-26(36)34(3)4)40-30(39-23)16-8-7-9-17-30/h10-15,20,23-24H,7-9,16-19H2,1-6H3/t23-,24-/m1/s1. The molecule has 2 fully saturated rings. The zero-order valence-electron chi connectivity index (χ0n) is 24.8. The van der Waals surface area contributed by atoms with Crippen molar-refractivity contribution in [3.8, 4) is 11.3 Å². The fraction of sp³-hybridized carbons (Fsp3) is 0.567. The second-order valence-electron chi connectivity index (χ2n) is 11.5. The second kappa shape index (κ2) is 12.5. The zero-order valence-corrected chi connectivity index (χ0v) is 25.6. The van der Waals surface area contributed by atoms with E-state index in [0.717, 1.165) is 42.7 Å². The van der Waals surface area contributed by atoms with Crippen molar-refractivity contribution in [3.05, 3.63) is 47.4 Å². The number of carbonyl (C=O) groups excluding carboxylic acids is 1. The van der Waals surface area contributed by atoms with Crippen LogP contribution in [0.5, 0.6) is 0 Å². The van der Waals surface area contributed by atoms with Crippen LogP contribution in [0, 0.1) is 5.82 Å². The van der Waals surface area contributed by atoms with E-state index in [4.69, 9.17) is 9.47 Å². The highest BCUT2D eigenvalue weighted by atomic mass is 32.2. The minimum absolute atomic E-state index is 0.00487. The maximum Gasteiger partial charge on any atom is 0.239 e. The van der Waals surface area contributed by atoms with Crippen molar-refractivity contribution in [3.63, 3.8) is 0 Å². The van der Waals surface area contributed by atoms with Crippen LogP contribution in [0.3, 0.4) is 0 Å². The number of sulfonamides is 1. The minimum atomic E-state index is -3.62. The Hall–Kier alpha value is -2.89. The first kappa shape index (κ1) is 31.1. The van der Waals surface area contributed by atoms with Crippen molar-refractivity contribution < 1.29 is 27.1 Å². The summed E-state index contributed by atoms with van der Waals surface area (Å²) in [6, 6.07) is 5.93. The molecule has 224 valence electrons. The lowest BCUT2D eigenvalue weighted by atomic mass is 9.91. The first-order valence-electron chi connectivity index (χ1n) is 14.1. The number of ether oxygens (including phenoxy) is 2. The van der Waals surface area contributed by atoms with Gasteiger partial charge >= 0.3 is 0 Å². The van der Waals surface area contributed by atoms with Crippen molar-refractivity contribution >= 4 is 28.0 Å². The SMILES string of the molecule is CC(C)c1nc(N(C)S(C)(=O)=O)nc(-c2ccc(F)cc2)c1C=C[C@@H]1C[C@H](CC(=O)N(C)C)OC2(CCCCC2)O1. The van der Waals surface area contributed by atoms with Crippen LogP contribution in [0.15, 0.2) is 30.3 Å². The van der Waals surface area contributed by atoms with Crippen LogP contribution in [-0.4, -0.2) is 74.6 Å². The van der Waals surface area contributed by atoms with Crippen LogP contribution >= 0.6 is 0 Å². The maximum absolute atomic E-state index is 13.8. The Morgan fingerprint density at radius 3 is 2.34 bits per heavy atom. The van der Waals surface area contributed by atoms with Gasteiger partial charge in [-0.25, -0.2) is 27.1 Å². The first-order chi connectivity index (χ1) is 19.3. The van der Waals surface area contributed by atoms with Gasteiger partial charge in [0.25, 0.3) is 0 Å². The molecule has 1 amide bonds. The lowest BCUT2D eigenvalue weighted by Crippen LogP contribution is -2.50. The van der Waals surface area contributed by atoms with Gasteiger partial charge in [-0.1, -0.05) is 32.4 Å². The molecule has 1 aliphatic carbocycles. The number of halogens is 1. The van der Waals surface area contributed by atoms with Gasteiger partial charge in [0.15, 0.2) is 5.79 Å². The van der Waals surface area contributed by atoms with E-state index in [-0.39, 0.29) is 42.2 Å². The smallest absolute Gasteiger partial charge is 0.239 e. The molecule has 1 aliphatic heterocycles. The number of hydrogen-bond donors (Lipinski definition) is 0. The Morgan fingerprint density at radius 1 is 1.10 bits per heavy atom. The molecule has 0 unspecified atom stereocenters. The van der Waals surface area contributed by atoms with Gasteiger partial charge in [0.05, 0.1) is 36.3 Å². The third-order valence-corrected chi connectivity index (χ3v) is 8.80. The zero-order chi connectivity index (χ0) is 29.9. The molecule has 9 nitrogen and oxygen atoms in total. The molecule has 1 aromatic carbocycles. The predicted octanol–water partition coefficient (Wildman–Crippen LogP) is 5.13. The summed E-state index contributed by atoms with van der Waals surface area (Å²) in [4.78, 5) is 23.5. The summed E-state index contributed by atoms with van der Waals surface area (Å²) in [5.41, 5.74) is 2.47. The van der Waals surface area contributed by atoms with E-state index in [9.17, 15) is 17.6 Å². The number of carbonyl (C=O) groups is 1. The van der Waals surface area contributed by atoms with Crippen molar-refractivity contribution in [1.82, 2.24) is 14.9 Å². The topological polar surface area (TPSA) is 102 Å². The normalized spacial score (nSPS) is 21.0. The predicted molar refractivity (Wildman–Crippen MR) is 157 cm³/mol. The van der Waals surface area contributed by atoms with Crippen LogP contribution < -0.4 is 4.31 Å². The Kier molecular flexibility index (Phi) is 9.50. The van der Waals surface area contributed by atoms with E-state index in [0.29, 0.717) is 28.9 Å². The van der Waals surface area contributed by atoms with E-state index in [1.54, 1.807) is 31.1 Å². The van der Waals surface area contributed by atoms with Crippen LogP contribution in [-0.2, 0) is 24.3 Å². The highest BCUT2D eigenvalue weighted by Gasteiger charge is 2.43. The second-order valence-corrected chi connectivity index (χ2v) is 13.5. The first-order valence-corrected chi connectivity index (χ1v) is 16.0. The summed E-state index contributed by atoms with van der Waals surface area (Å²) >= 11 is 0. The molecule has 2 atom stereocenters. The number of amides is 1. The van der Waals surface area contributed by atoms with Gasteiger partial charge in [-0.2, -0.15) is 0 Å². The van der Waals surface area contributed by atoms with Gasteiger partial charge in [-0.05, 0) is 43.0 Å². The van der Waals surface area contributed by atoms with Crippen molar-refractivity contribution in [2.75, 3.05) is 31.7 Å². The average molecular weight is 589 g/mol. The number of benzene rings is 1. The summed E-state index contributed by atoms with van der Waals surface area (Å²) in [6.07, 6.45) is 9.83. The molecule has 1 aromatic heterocycles. The summed E-state index contributed by atoms with van der Waals surface area (Å²) < 4.78 is 52.6. The number of anilines is 1. The molecule has 0 bridgehead atoms.